The van der Waals surface area contributed by atoms with Gasteiger partial charge in [-0.25, -0.2) is 0 Å². The molecule has 0 unspecified atom stereocenters. The van der Waals surface area contributed by atoms with Crippen LogP contribution >= 0.6 is 11.8 Å². The fourth-order valence-electron chi connectivity index (χ4n) is 11.9. The van der Waals surface area contributed by atoms with Crippen molar-refractivity contribution in [2.75, 3.05) is 4.90 Å². The first-order valence-corrected chi connectivity index (χ1v) is 23.8. The van der Waals surface area contributed by atoms with Crippen LogP contribution in [-0.4, -0.2) is 4.57 Å². The van der Waals surface area contributed by atoms with Crippen molar-refractivity contribution in [2.45, 2.75) is 15.2 Å². The van der Waals surface area contributed by atoms with Crippen LogP contribution in [0.25, 0.3) is 82.1 Å². The minimum absolute atomic E-state index is 0.582. The van der Waals surface area contributed by atoms with Gasteiger partial charge in [-0.1, -0.05) is 163 Å². The summed E-state index contributed by atoms with van der Waals surface area (Å²) >= 11 is 1.88. The van der Waals surface area contributed by atoms with Gasteiger partial charge in [0.25, 0.3) is 0 Å². The van der Waals surface area contributed by atoms with Gasteiger partial charge in [0.15, 0.2) is 0 Å². The number of fused-ring (bicyclic) bond motifs is 15. The number of nitrogens with zero attached hydrogens (tertiary/aromatic N) is 2. The molecule has 15 rings (SSSR count). The van der Waals surface area contributed by atoms with Gasteiger partial charge in [-0.2, -0.15) is 0 Å². The van der Waals surface area contributed by atoms with Crippen LogP contribution in [0.3, 0.4) is 0 Å². The second-order valence-electron chi connectivity index (χ2n) is 17.9. The highest BCUT2D eigenvalue weighted by molar-refractivity contribution is 7.99. The third kappa shape index (κ3) is 5.08. The first-order valence-electron chi connectivity index (χ1n) is 23.0. The maximum Gasteiger partial charge on any atom is 0.137 e. The van der Waals surface area contributed by atoms with Crippen LogP contribution in [0.4, 0.5) is 17.1 Å². The summed E-state index contributed by atoms with van der Waals surface area (Å²) in [4.78, 5) is 5.02. The van der Waals surface area contributed by atoms with E-state index in [2.05, 4.69) is 234 Å². The zero-order valence-corrected chi connectivity index (χ0v) is 37.0. The third-order valence-corrected chi connectivity index (χ3v) is 15.8. The molecule has 0 saturated heterocycles. The molecule has 2 aliphatic rings. The highest BCUT2D eigenvalue weighted by Gasteiger charge is 2.48. The van der Waals surface area contributed by atoms with Crippen LogP contribution in [0, 0.1) is 0 Å². The Kier molecular flexibility index (Phi) is 7.64. The van der Waals surface area contributed by atoms with Gasteiger partial charge in [0.05, 0.1) is 22.1 Å². The van der Waals surface area contributed by atoms with Gasteiger partial charge in [0.2, 0.25) is 0 Å². The molecule has 0 atom stereocenters. The van der Waals surface area contributed by atoms with Gasteiger partial charge in [0.1, 0.15) is 11.2 Å². The van der Waals surface area contributed by atoms with E-state index in [4.69, 9.17) is 4.42 Å². The normalized spacial score (nSPS) is 13.4. The minimum atomic E-state index is -0.582. The Labute approximate surface area is 390 Å². The molecule has 1 aliphatic heterocycles. The Morgan fingerprint density at radius 3 is 1.84 bits per heavy atom. The zero-order valence-electron chi connectivity index (χ0n) is 36.2. The van der Waals surface area contributed by atoms with E-state index >= 15 is 0 Å². The molecule has 67 heavy (non-hydrogen) atoms. The van der Waals surface area contributed by atoms with E-state index in [1.54, 1.807) is 0 Å². The van der Waals surface area contributed by atoms with Gasteiger partial charge >= 0.3 is 0 Å². The highest BCUT2D eigenvalue weighted by atomic mass is 32.2. The van der Waals surface area contributed by atoms with Crippen LogP contribution in [0.15, 0.2) is 245 Å². The molecule has 3 heterocycles. The van der Waals surface area contributed by atoms with Crippen LogP contribution in [0.1, 0.15) is 22.3 Å². The summed E-state index contributed by atoms with van der Waals surface area (Å²) < 4.78 is 9.07. The van der Waals surface area contributed by atoms with E-state index in [0.717, 1.165) is 44.5 Å². The lowest BCUT2D eigenvalue weighted by atomic mass is 9.59. The molecule has 0 radical (unpaired) electrons. The SMILES string of the molecule is c1ccc2c(c1)Sc1ccccc1C21c2cc(N(c3ccc4c(c3)oc3ccccc34)c3ccc4c(c3)c3ccccc3n4-c3cccc4ccccc34)ccc2-c2cccc3cccc1c23. The van der Waals surface area contributed by atoms with Gasteiger partial charge in [-0.05, 0) is 122 Å². The summed E-state index contributed by atoms with van der Waals surface area (Å²) in [6, 6.07) is 85.4. The lowest BCUT2D eigenvalue weighted by Gasteiger charge is -2.46. The van der Waals surface area contributed by atoms with Crippen molar-refractivity contribution < 1.29 is 4.42 Å². The molecule has 0 bridgehead atoms. The van der Waals surface area contributed by atoms with Crippen molar-refractivity contribution in [3.05, 3.63) is 253 Å². The van der Waals surface area contributed by atoms with E-state index in [1.165, 1.54) is 86.7 Å². The van der Waals surface area contributed by atoms with Crippen LogP contribution in [0.5, 0.6) is 0 Å². The zero-order chi connectivity index (χ0) is 43.8. The Hall–Kier alpha value is -8.31. The fourth-order valence-corrected chi connectivity index (χ4v) is 13.1. The van der Waals surface area contributed by atoms with Crippen molar-refractivity contribution >= 4 is 94.1 Å². The number of hydrogen-bond acceptors (Lipinski definition) is 3. The lowest BCUT2D eigenvalue weighted by molar-refractivity contribution is 0.669. The largest absolute Gasteiger partial charge is 0.456 e. The summed E-state index contributed by atoms with van der Waals surface area (Å²) in [5.41, 5.74) is 15.6. The van der Waals surface area contributed by atoms with Crippen LogP contribution < -0.4 is 4.90 Å². The second-order valence-corrected chi connectivity index (χ2v) is 19.0. The summed E-state index contributed by atoms with van der Waals surface area (Å²) in [6.45, 7) is 0. The quantitative estimate of drug-likeness (QED) is 0.176. The number of benzene rings is 11. The smallest absolute Gasteiger partial charge is 0.137 e. The summed E-state index contributed by atoms with van der Waals surface area (Å²) in [6.07, 6.45) is 0. The molecule has 0 saturated carbocycles. The lowest BCUT2D eigenvalue weighted by Crippen LogP contribution is -2.36. The summed E-state index contributed by atoms with van der Waals surface area (Å²) in [5.74, 6) is 0. The molecule has 0 amide bonds. The molecule has 3 nitrogen and oxygen atoms in total. The van der Waals surface area contributed by atoms with Gasteiger partial charge in [0, 0.05) is 59.9 Å². The van der Waals surface area contributed by atoms with Crippen molar-refractivity contribution in [2.24, 2.45) is 0 Å². The molecule has 312 valence electrons. The van der Waals surface area contributed by atoms with Crippen molar-refractivity contribution in [3.8, 4) is 16.8 Å². The van der Waals surface area contributed by atoms with Gasteiger partial charge in [-0.15, -0.1) is 0 Å². The van der Waals surface area contributed by atoms with E-state index in [0.29, 0.717) is 0 Å². The van der Waals surface area contributed by atoms with Gasteiger partial charge < -0.3 is 13.9 Å². The van der Waals surface area contributed by atoms with Crippen molar-refractivity contribution in [1.29, 1.82) is 0 Å². The Morgan fingerprint density at radius 1 is 0.373 bits per heavy atom. The van der Waals surface area contributed by atoms with Crippen LogP contribution in [0.2, 0.25) is 0 Å². The van der Waals surface area contributed by atoms with Crippen molar-refractivity contribution in [1.82, 2.24) is 4.57 Å². The van der Waals surface area contributed by atoms with E-state index in [9.17, 15) is 0 Å². The number of anilines is 3. The molecule has 0 N–H and O–H groups in total. The van der Waals surface area contributed by atoms with Gasteiger partial charge in [-0.3, -0.25) is 0 Å². The Balaban J connectivity index is 1.03. The molecule has 4 heteroatoms. The molecular weight excluding hydrogens is 833 g/mol. The Morgan fingerprint density at radius 2 is 0.970 bits per heavy atom. The van der Waals surface area contributed by atoms with Crippen LogP contribution in [-0.2, 0) is 5.41 Å². The van der Waals surface area contributed by atoms with E-state index < -0.39 is 5.41 Å². The number of aromatic nitrogens is 1. The third-order valence-electron chi connectivity index (χ3n) is 14.6. The maximum absolute atomic E-state index is 6.63. The topological polar surface area (TPSA) is 21.3 Å². The molecule has 2 aromatic heterocycles. The Bertz CT molecular complexity index is 4180. The highest BCUT2D eigenvalue weighted by Crippen LogP contribution is 2.62. The fraction of sp³-hybridized carbons (Fsp3) is 0.0159. The number of para-hydroxylation sites is 2. The summed E-state index contributed by atoms with van der Waals surface area (Å²) in [5, 5.41) is 9.66. The predicted molar refractivity (Wildman–Crippen MR) is 279 cm³/mol. The molecular formula is C63H38N2OS. The average molecular weight is 871 g/mol. The molecule has 0 fully saturated rings. The molecule has 1 spiro atoms. The monoisotopic (exact) mass is 870 g/mol. The number of furan rings is 1. The minimum Gasteiger partial charge on any atom is -0.456 e. The number of rotatable bonds is 4. The summed E-state index contributed by atoms with van der Waals surface area (Å²) in [7, 11) is 0. The van der Waals surface area contributed by atoms with E-state index in [1.807, 2.05) is 17.8 Å². The van der Waals surface area contributed by atoms with E-state index in [-0.39, 0.29) is 0 Å². The molecule has 11 aromatic carbocycles. The average Bonchev–Trinajstić information content (AvgIpc) is 3.92. The molecule has 13 aromatic rings. The first-order chi connectivity index (χ1) is 33.2. The predicted octanol–water partition coefficient (Wildman–Crippen LogP) is 17.3. The first kappa shape index (κ1) is 37.0. The molecule has 1 aliphatic carbocycles. The van der Waals surface area contributed by atoms with Crippen molar-refractivity contribution in [3.63, 3.8) is 0 Å². The standard InChI is InChI=1S/C63H38N2OS/c1-2-18-44-39(14-1)15-13-26-55(44)65-56-25-7-3-19-46(56)50-36-41(32-35-57(50)65)64(43-31-34-48-47-20-4-8-27-58(47)66-59(48)38-43)42-30-33-45-49-21-11-16-40-17-12-24-53(62(40)49)63(54(45)37-42)51-22-5-9-28-60(51)67-61-29-10-6-23-52(61)63/h1-38H. The maximum atomic E-state index is 6.63. The number of hydrogen-bond donors (Lipinski definition) is 0. The second kappa shape index (κ2) is 13.9.